The van der Waals surface area contributed by atoms with Gasteiger partial charge in [0.25, 0.3) is 5.56 Å². The third-order valence-corrected chi connectivity index (χ3v) is 8.98. The van der Waals surface area contributed by atoms with Gasteiger partial charge in [0.2, 0.25) is 5.95 Å². The molecule has 3 aromatic heterocycles. The predicted molar refractivity (Wildman–Crippen MR) is 163 cm³/mol. The summed E-state index contributed by atoms with van der Waals surface area (Å²) in [5.74, 6) is 0.849. The van der Waals surface area contributed by atoms with Crippen molar-refractivity contribution >= 4 is 39.9 Å². The lowest BCUT2D eigenvalue weighted by Gasteiger charge is -2.24. The number of benzene rings is 1. The van der Waals surface area contributed by atoms with E-state index in [0.29, 0.717) is 36.4 Å². The van der Waals surface area contributed by atoms with Gasteiger partial charge in [0.15, 0.2) is 0 Å². The van der Waals surface area contributed by atoms with Crippen LogP contribution in [0, 0.1) is 0 Å². The number of rotatable bonds is 9. The van der Waals surface area contributed by atoms with Crippen molar-refractivity contribution in [3.63, 3.8) is 0 Å². The molecule has 11 heteroatoms. The Bertz CT molecular complexity index is 1520. The van der Waals surface area contributed by atoms with E-state index in [4.69, 9.17) is 14.5 Å². The minimum Gasteiger partial charge on any atom is -0.381 e. The van der Waals surface area contributed by atoms with Gasteiger partial charge in [-0.25, -0.2) is 9.36 Å². The predicted octanol–water partition coefficient (Wildman–Crippen LogP) is 4.44. The number of nitrogens with one attached hydrogen (secondary N) is 2. The number of aromatic nitrogens is 4. The molecule has 6 rings (SSSR count). The SMILES string of the molecule is CCN(CC)c1cc2cnc(Nc3ccc(C4CNCCO4)cc3)nc2n(Cc2cnsc2C2CCOCC2)c1=O. The van der Waals surface area contributed by atoms with Gasteiger partial charge in [-0.3, -0.25) is 9.36 Å². The van der Waals surface area contributed by atoms with Crippen molar-refractivity contribution in [1.29, 1.82) is 0 Å². The summed E-state index contributed by atoms with van der Waals surface area (Å²) in [4.78, 5) is 26.8. The van der Waals surface area contributed by atoms with Gasteiger partial charge in [-0.15, -0.1) is 0 Å². The van der Waals surface area contributed by atoms with Gasteiger partial charge in [-0.2, -0.15) is 4.98 Å². The van der Waals surface area contributed by atoms with Crippen LogP contribution < -0.4 is 21.1 Å². The van der Waals surface area contributed by atoms with E-state index < -0.39 is 0 Å². The van der Waals surface area contributed by atoms with E-state index in [1.807, 2.05) is 24.4 Å². The molecule has 1 atom stereocenters. The maximum atomic E-state index is 14.0. The monoisotopic (exact) mass is 575 g/mol. The third kappa shape index (κ3) is 5.99. The summed E-state index contributed by atoms with van der Waals surface area (Å²) in [5.41, 5.74) is 4.29. The lowest BCUT2D eigenvalue weighted by molar-refractivity contribution is 0.0277. The smallest absolute Gasteiger partial charge is 0.276 e. The molecule has 4 aromatic rings. The highest BCUT2D eigenvalue weighted by molar-refractivity contribution is 7.06. The number of nitrogens with zero attached hydrogens (tertiary/aromatic N) is 5. The molecule has 0 bridgehead atoms. The zero-order chi connectivity index (χ0) is 28.2. The molecule has 0 aliphatic carbocycles. The van der Waals surface area contributed by atoms with Crippen LogP contribution in [0.15, 0.2) is 47.5 Å². The second-order valence-electron chi connectivity index (χ2n) is 10.5. The number of morpholine rings is 1. The molecule has 41 heavy (non-hydrogen) atoms. The fraction of sp³-hybridized carbons (Fsp3) is 0.467. The summed E-state index contributed by atoms with van der Waals surface area (Å²) in [6.07, 6.45) is 5.72. The highest BCUT2D eigenvalue weighted by Crippen LogP contribution is 2.33. The van der Waals surface area contributed by atoms with Gasteiger partial charge in [-0.1, -0.05) is 12.1 Å². The average molecular weight is 576 g/mol. The Morgan fingerprint density at radius 3 is 2.66 bits per heavy atom. The summed E-state index contributed by atoms with van der Waals surface area (Å²) in [7, 11) is 0. The molecule has 5 heterocycles. The van der Waals surface area contributed by atoms with E-state index in [9.17, 15) is 4.79 Å². The summed E-state index contributed by atoms with van der Waals surface area (Å²) in [6.45, 7) is 9.95. The lowest BCUT2D eigenvalue weighted by Crippen LogP contribution is -2.33. The fourth-order valence-electron chi connectivity index (χ4n) is 5.69. The van der Waals surface area contributed by atoms with Gasteiger partial charge in [0, 0.05) is 73.3 Å². The van der Waals surface area contributed by atoms with Gasteiger partial charge in [0.05, 0.1) is 19.3 Å². The Labute approximate surface area is 243 Å². The number of ether oxygens (including phenoxy) is 2. The molecule has 0 spiro atoms. The number of pyridine rings is 1. The van der Waals surface area contributed by atoms with Crippen LogP contribution >= 0.6 is 11.5 Å². The molecular weight excluding hydrogens is 538 g/mol. The highest BCUT2D eigenvalue weighted by atomic mass is 32.1. The van der Waals surface area contributed by atoms with Gasteiger partial charge in [-0.05, 0) is 67.9 Å². The highest BCUT2D eigenvalue weighted by Gasteiger charge is 2.23. The maximum Gasteiger partial charge on any atom is 0.276 e. The van der Waals surface area contributed by atoms with Crippen LogP contribution in [0.3, 0.4) is 0 Å². The Hall–Kier alpha value is -3.38. The van der Waals surface area contributed by atoms with Crippen molar-refractivity contribution in [2.75, 3.05) is 56.2 Å². The van der Waals surface area contributed by atoms with E-state index in [-0.39, 0.29) is 11.7 Å². The first kappa shape index (κ1) is 27.8. The molecule has 2 saturated heterocycles. The third-order valence-electron chi connectivity index (χ3n) is 7.98. The summed E-state index contributed by atoms with van der Waals surface area (Å²) in [5, 5.41) is 7.52. The molecule has 0 saturated carbocycles. The van der Waals surface area contributed by atoms with Gasteiger partial charge in [0.1, 0.15) is 11.3 Å². The first-order chi connectivity index (χ1) is 20.1. The van der Waals surface area contributed by atoms with E-state index in [0.717, 1.165) is 74.4 Å². The average Bonchev–Trinajstić information content (AvgIpc) is 3.49. The lowest BCUT2D eigenvalue weighted by atomic mass is 9.96. The normalized spacial score (nSPS) is 18.0. The van der Waals surface area contributed by atoms with Crippen LogP contribution in [0.4, 0.5) is 17.3 Å². The first-order valence-corrected chi connectivity index (χ1v) is 15.3. The molecule has 216 valence electrons. The second-order valence-corrected chi connectivity index (χ2v) is 11.3. The van der Waals surface area contributed by atoms with Crippen molar-refractivity contribution in [1.82, 2.24) is 24.2 Å². The second kappa shape index (κ2) is 12.6. The largest absolute Gasteiger partial charge is 0.381 e. The Morgan fingerprint density at radius 1 is 1.12 bits per heavy atom. The van der Waals surface area contributed by atoms with Crippen molar-refractivity contribution in [3.05, 3.63) is 69.1 Å². The summed E-state index contributed by atoms with van der Waals surface area (Å²) < 4.78 is 17.8. The van der Waals surface area contributed by atoms with E-state index >= 15 is 0 Å². The van der Waals surface area contributed by atoms with Crippen molar-refractivity contribution in [2.45, 2.75) is 45.3 Å². The van der Waals surface area contributed by atoms with Gasteiger partial charge >= 0.3 is 0 Å². The summed E-state index contributed by atoms with van der Waals surface area (Å²) in [6, 6.07) is 10.1. The van der Waals surface area contributed by atoms with Crippen molar-refractivity contribution in [2.24, 2.45) is 0 Å². The van der Waals surface area contributed by atoms with Crippen LogP contribution in [0.5, 0.6) is 0 Å². The van der Waals surface area contributed by atoms with Crippen molar-refractivity contribution < 1.29 is 9.47 Å². The summed E-state index contributed by atoms with van der Waals surface area (Å²) >= 11 is 1.53. The minimum atomic E-state index is -0.0552. The molecule has 2 N–H and O–H groups in total. The zero-order valence-corrected chi connectivity index (χ0v) is 24.5. The zero-order valence-electron chi connectivity index (χ0n) is 23.6. The van der Waals surface area contributed by atoms with E-state index in [1.54, 1.807) is 10.8 Å². The van der Waals surface area contributed by atoms with Crippen LogP contribution in [-0.2, 0) is 16.0 Å². The van der Waals surface area contributed by atoms with E-state index in [2.05, 4.69) is 50.9 Å². The number of hydrogen-bond acceptors (Lipinski definition) is 10. The topological polar surface area (TPSA) is 106 Å². The Morgan fingerprint density at radius 2 is 1.93 bits per heavy atom. The van der Waals surface area contributed by atoms with Crippen molar-refractivity contribution in [3.8, 4) is 0 Å². The first-order valence-electron chi connectivity index (χ1n) is 14.5. The molecule has 0 radical (unpaired) electrons. The Balaban J connectivity index is 1.34. The molecule has 2 fully saturated rings. The van der Waals surface area contributed by atoms with Crippen LogP contribution in [0.1, 0.15) is 54.7 Å². The quantitative estimate of drug-likeness (QED) is 0.300. The molecule has 10 nitrogen and oxygen atoms in total. The molecule has 0 amide bonds. The molecular formula is C30H37N7O3S. The van der Waals surface area contributed by atoms with Crippen LogP contribution in [-0.4, -0.2) is 64.9 Å². The standard InChI is InChI=1S/C30H37N7O3S/c1-3-36(4-2)25-15-22-16-32-30(34-24-7-5-20(6-8-24)26-18-31-11-14-40-26)35-28(22)37(29(25)38)19-23-17-33-41-27(23)21-9-12-39-13-10-21/h5-8,15-17,21,26,31H,3-4,9-14,18-19H2,1-2H3,(H,32,34,35). The number of hydrogen-bond donors (Lipinski definition) is 2. The number of anilines is 3. The van der Waals surface area contributed by atoms with Crippen LogP contribution in [0.25, 0.3) is 11.0 Å². The molecule has 1 aromatic carbocycles. The minimum absolute atomic E-state index is 0.0552. The maximum absolute atomic E-state index is 14.0. The Kier molecular flexibility index (Phi) is 8.56. The molecule has 2 aliphatic rings. The molecule has 2 aliphatic heterocycles. The molecule has 1 unspecified atom stereocenters. The van der Waals surface area contributed by atoms with Crippen LogP contribution in [0.2, 0.25) is 0 Å². The van der Waals surface area contributed by atoms with Gasteiger partial charge < -0.3 is 25.0 Å². The number of fused-ring (bicyclic) bond motifs is 1. The fourth-order valence-corrected chi connectivity index (χ4v) is 6.60. The van der Waals surface area contributed by atoms with E-state index in [1.165, 1.54) is 16.4 Å².